The summed E-state index contributed by atoms with van der Waals surface area (Å²) in [5.74, 6) is 1.76. The average molecular weight is 141 g/mol. The molecule has 1 aliphatic rings. The minimum Gasteiger partial charge on any atom is -0.330 e. The van der Waals surface area contributed by atoms with E-state index in [2.05, 4.69) is 20.8 Å². The van der Waals surface area contributed by atoms with E-state index >= 15 is 0 Å². The summed E-state index contributed by atoms with van der Waals surface area (Å²) in [6.07, 6.45) is 2.66. The van der Waals surface area contributed by atoms with E-state index in [0.29, 0.717) is 5.41 Å². The fourth-order valence-corrected chi connectivity index (χ4v) is 1.73. The number of hydrogen-bond donors (Lipinski definition) is 1. The molecule has 0 saturated heterocycles. The molecule has 0 aromatic carbocycles. The van der Waals surface area contributed by atoms with Crippen molar-refractivity contribution in [3.05, 3.63) is 0 Å². The zero-order valence-corrected chi connectivity index (χ0v) is 7.35. The van der Waals surface area contributed by atoms with Crippen LogP contribution in [0, 0.1) is 17.3 Å². The van der Waals surface area contributed by atoms with Crippen LogP contribution in [0.15, 0.2) is 0 Å². The number of hydrogen-bond acceptors (Lipinski definition) is 1. The summed E-state index contributed by atoms with van der Waals surface area (Å²) in [5, 5.41) is 0. The lowest BCUT2D eigenvalue weighted by atomic mass is 9.83. The fourth-order valence-electron chi connectivity index (χ4n) is 1.73. The average Bonchev–Trinajstić information content (AvgIpc) is 2.66. The summed E-state index contributed by atoms with van der Waals surface area (Å²) in [6, 6.07) is 0. The Morgan fingerprint density at radius 3 is 2.40 bits per heavy atom. The summed E-state index contributed by atoms with van der Waals surface area (Å²) in [6.45, 7) is 7.88. The Morgan fingerprint density at radius 1 is 1.50 bits per heavy atom. The Hall–Kier alpha value is -0.0400. The largest absolute Gasteiger partial charge is 0.330 e. The van der Waals surface area contributed by atoms with E-state index in [4.69, 9.17) is 5.73 Å². The summed E-state index contributed by atoms with van der Waals surface area (Å²) < 4.78 is 0. The van der Waals surface area contributed by atoms with Gasteiger partial charge in [0.25, 0.3) is 0 Å². The highest BCUT2D eigenvalue weighted by Crippen LogP contribution is 2.51. The lowest BCUT2D eigenvalue weighted by molar-refractivity contribution is 0.281. The zero-order chi connectivity index (χ0) is 7.78. The molecule has 1 fully saturated rings. The van der Waals surface area contributed by atoms with E-state index in [9.17, 15) is 0 Å². The van der Waals surface area contributed by atoms with Gasteiger partial charge in [-0.15, -0.1) is 0 Å². The van der Waals surface area contributed by atoms with Crippen LogP contribution in [0.3, 0.4) is 0 Å². The molecule has 2 N–H and O–H groups in total. The standard InChI is InChI=1S/C9H19N/c1-4-9(2,3)8-5-7(8)6-10/h7-8H,4-6,10H2,1-3H3. The Morgan fingerprint density at radius 2 is 2.10 bits per heavy atom. The molecule has 1 saturated carbocycles. The molecule has 60 valence electrons. The summed E-state index contributed by atoms with van der Waals surface area (Å²) in [5.41, 5.74) is 6.12. The van der Waals surface area contributed by atoms with Crippen molar-refractivity contribution in [2.24, 2.45) is 23.0 Å². The molecule has 2 atom stereocenters. The number of nitrogens with two attached hydrogens (primary N) is 1. The molecular weight excluding hydrogens is 122 g/mol. The second-order valence-corrected chi connectivity index (χ2v) is 4.18. The predicted octanol–water partition coefficient (Wildman–Crippen LogP) is 2.02. The quantitative estimate of drug-likeness (QED) is 0.639. The molecule has 0 bridgehead atoms. The topological polar surface area (TPSA) is 26.0 Å². The van der Waals surface area contributed by atoms with Crippen LogP contribution in [0.1, 0.15) is 33.6 Å². The SMILES string of the molecule is CCC(C)(C)C1CC1CN. The highest BCUT2D eigenvalue weighted by molar-refractivity contribution is 4.95. The third-order valence-corrected chi connectivity index (χ3v) is 3.14. The lowest BCUT2D eigenvalue weighted by Gasteiger charge is -2.22. The van der Waals surface area contributed by atoms with Gasteiger partial charge in [-0.3, -0.25) is 0 Å². The highest BCUT2D eigenvalue weighted by Gasteiger charge is 2.45. The second kappa shape index (κ2) is 2.54. The van der Waals surface area contributed by atoms with E-state index in [1.165, 1.54) is 12.8 Å². The lowest BCUT2D eigenvalue weighted by Crippen LogP contribution is -2.16. The van der Waals surface area contributed by atoms with E-state index in [-0.39, 0.29) is 0 Å². The molecule has 1 aliphatic carbocycles. The molecule has 0 amide bonds. The monoisotopic (exact) mass is 141 g/mol. The van der Waals surface area contributed by atoms with Gasteiger partial charge in [0.2, 0.25) is 0 Å². The molecule has 0 aromatic rings. The minimum atomic E-state index is 0.546. The first-order valence-electron chi connectivity index (χ1n) is 4.32. The first-order chi connectivity index (χ1) is 4.61. The van der Waals surface area contributed by atoms with Gasteiger partial charge in [0.05, 0.1) is 0 Å². The van der Waals surface area contributed by atoms with Crippen molar-refractivity contribution >= 4 is 0 Å². The van der Waals surface area contributed by atoms with Crippen LogP contribution in [0.2, 0.25) is 0 Å². The van der Waals surface area contributed by atoms with Crippen molar-refractivity contribution in [3.8, 4) is 0 Å². The molecule has 1 nitrogen and oxygen atoms in total. The minimum absolute atomic E-state index is 0.546. The zero-order valence-electron chi connectivity index (χ0n) is 7.35. The van der Waals surface area contributed by atoms with E-state index in [1.54, 1.807) is 0 Å². The summed E-state index contributed by atoms with van der Waals surface area (Å²) >= 11 is 0. The van der Waals surface area contributed by atoms with Gasteiger partial charge in [-0.2, -0.15) is 0 Å². The molecule has 1 heteroatoms. The number of rotatable bonds is 3. The third kappa shape index (κ3) is 1.34. The molecule has 0 radical (unpaired) electrons. The van der Waals surface area contributed by atoms with Crippen LogP contribution in [0.5, 0.6) is 0 Å². The van der Waals surface area contributed by atoms with Crippen molar-refractivity contribution in [1.29, 1.82) is 0 Å². The maximum Gasteiger partial charge on any atom is -0.00459 e. The van der Waals surface area contributed by atoms with Gasteiger partial charge in [-0.05, 0) is 30.2 Å². The molecule has 0 aromatic heterocycles. The highest BCUT2D eigenvalue weighted by atomic mass is 14.6. The smallest absolute Gasteiger partial charge is 0.00459 e. The third-order valence-electron chi connectivity index (χ3n) is 3.14. The van der Waals surface area contributed by atoms with Gasteiger partial charge in [-0.25, -0.2) is 0 Å². The summed E-state index contributed by atoms with van der Waals surface area (Å²) in [4.78, 5) is 0. The van der Waals surface area contributed by atoms with Crippen molar-refractivity contribution in [2.45, 2.75) is 33.6 Å². The van der Waals surface area contributed by atoms with Crippen molar-refractivity contribution in [3.63, 3.8) is 0 Å². The van der Waals surface area contributed by atoms with Crippen LogP contribution in [-0.2, 0) is 0 Å². The Labute approximate surface area is 64.0 Å². The Bertz CT molecular complexity index is 118. The normalized spacial score (nSPS) is 32.4. The molecule has 1 rings (SSSR count). The molecule has 10 heavy (non-hydrogen) atoms. The van der Waals surface area contributed by atoms with Gasteiger partial charge < -0.3 is 5.73 Å². The predicted molar refractivity (Wildman–Crippen MR) is 44.7 cm³/mol. The van der Waals surface area contributed by atoms with Gasteiger partial charge in [0.1, 0.15) is 0 Å². The molecule has 0 heterocycles. The van der Waals surface area contributed by atoms with E-state index < -0.39 is 0 Å². The van der Waals surface area contributed by atoms with Gasteiger partial charge in [0, 0.05) is 0 Å². The first-order valence-corrected chi connectivity index (χ1v) is 4.32. The van der Waals surface area contributed by atoms with Crippen molar-refractivity contribution in [2.75, 3.05) is 6.54 Å². The fraction of sp³-hybridized carbons (Fsp3) is 1.00. The van der Waals surface area contributed by atoms with Gasteiger partial charge >= 0.3 is 0 Å². The van der Waals surface area contributed by atoms with Crippen LogP contribution in [0.25, 0.3) is 0 Å². The van der Waals surface area contributed by atoms with Crippen LogP contribution < -0.4 is 5.73 Å². The van der Waals surface area contributed by atoms with Crippen molar-refractivity contribution in [1.82, 2.24) is 0 Å². The van der Waals surface area contributed by atoms with Gasteiger partial charge in [0.15, 0.2) is 0 Å². The maximum atomic E-state index is 5.58. The van der Waals surface area contributed by atoms with Crippen LogP contribution in [-0.4, -0.2) is 6.54 Å². The molecule has 0 spiro atoms. The van der Waals surface area contributed by atoms with E-state index in [0.717, 1.165) is 18.4 Å². The maximum absolute atomic E-state index is 5.58. The molecule has 0 aliphatic heterocycles. The van der Waals surface area contributed by atoms with E-state index in [1.807, 2.05) is 0 Å². The molecular formula is C9H19N. The Balaban J connectivity index is 2.37. The van der Waals surface area contributed by atoms with Crippen LogP contribution in [0.4, 0.5) is 0 Å². The first kappa shape index (κ1) is 8.06. The second-order valence-electron chi connectivity index (χ2n) is 4.18. The Kier molecular flexibility index (Phi) is 2.04. The van der Waals surface area contributed by atoms with Crippen molar-refractivity contribution < 1.29 is 0 Å². The summed E-state index contributed by atoms with van der Waals surface area (Å²) in [7, 11) is 0. The molecule has 2 unspecified atom stereocenters. The van der Waals surface area contributed by atoms with Gasteiger partial charge in [-0.1, -0.05) is 27.2 Å². The van der Waals surface area contributed by atoms with Crippen LogP contribution >= 0.6 is 0 Å².